The van der Waals surface area contributed by atoms with Gasteiger partial charge in [0.2, 0.25) is 17.4 Å². The minimum atomic E-state index is -1.78. The fourth-order valence-corrected chi connectivity index (χ4v) is 1.61. The number of halogens is 5. The molecule has 0 spiro atoms. The van der Waals surface area contributed by atoms with E-state index in [-0.39, 0.29) is 11.6 Å². The standard InChI is InChI=1S/C12H4F4INO2/c13-6-3-7(14)10(16)11(9(6)15)20-12(19)5-1-2-8(17)18-4-5/h1-4H. The zero-order valence-electron chi connectivity index (χ0n) is 9.46. The van der Waals surface area contributed by atoms with Crippen LogP contribution in [-0.2, 0) is 0 Å². The van der Waals surface area contributed by atoms with E-state index in [9.17, 15) is 22.4 Å². The molecule has 1 aromatic heterocycles. The van der Waals surface area contributed by atoms with E-state index in [0.29, 0.717) is 3.70 Å². The van der Waals surface area contributed by atoms with Crippen LogP contribution in [0.5, 0.6) is 5.75 Å². The number of carbonyl (C=O) groups excluding carboxylic acids is 1. The van der Waals surface area contributed by atoms with Gasteiger partial charge in [-0.25, -0.2) is 18.6 Å². The molecule has 0 N–H and O–H groups in total. The van der Waals surface area contributed by atoms with Crippen molar-refractivity contribution < 1.29 is 27.1 Å². The van der Waals surface area contributed by atoms with Gasteiger partial charge in [0.05, 0.1) is 5.56 Å². The molecule has 0 aliphatic rings. The van der Waals surface area contributed by atoms with Gasteiger partial charge in [0.1, 0.15) is 3.70 Å². The molecule has 0 radical (unpaired) electrons. The van der Waals surface area contributed by atoms with E-state index in [1.807, 2.05) is 22.6 Å². The highest BCUT2D eigenvalue weighted by Crippen LogP contribution is 2.27. The zero-order valence-corrected chi connectivity index (χ0v) is 11.6. The van der Waals surface area contributed by atoms with Crippen LogP contribution in [0.25, 0.3) is 0 Å². The van der Waals surface area contributed by atoms with E-state index < -0.39 is 35.0 Å². The van der Waals surface area contributed by atoms with Gasteiger partial charge in [0, 0.05) is 12.3 Å². The van der Waals surface area contributed by atoms with E-state index in [2.05, 4.69) is 9.72 Å². The number of benzene rings is 1. The largest absolute Gasteiger partial charge is 0.416 e. The minimum Gasteiger partial charge on any atom is -0.416 e. The first-order valence-corrected chi connectivity index (χ1v) is 6.14. The van der Waals surface area contributed by atoms with Crippen LogP contribution in [0.3, 0.4) is 0 Å². The molecular weight excluding hydrogens is 393 g/mol. The number of pyridine rings is 1. The van der Waals surface area contributed by atoms with Gasteiger partial charge in [-0.2, -0.15) is 8.78 Å². The average molecular weight is 397 g/mol. The van der Waals surface area contributed by atoms with Crippen LogP contribution in [0, 0.1) is 27.0 Å². The third-order valence-corrected chi connectivity index (χ3v) is 2.87. The number of rotatable bonds is 2. The molecule has 0 fully saturated rings. The Balaban J connectivity index is 2.35. The predicted octanol–water partition coefficient (Wildman–Crippen LogP) is 3.46. The van der Waals surface area contributed by atoms with Crippen molar-refractivity contribution in [2.45, 2.75) is 0 Å². The average Bonchev–Trinajstić information content (AvgIpc) is 2.42. The molecule has 0 saturated carbocycles. The molecule has 0 atom stereocenters. The maximum atomic E-state index is 13.3. The van der Waals surface area contributed by atoms with Crippen molar-refractivity contribution in [2.75, 3.05) is 0 Å². The summed E-state index contributed by atoms with van der Waals surface area (Å²) >= 11 is 1.88. The van der Waals surface area contributed by atoms with Crippen LogP contribution in [0.4, 0.5) is 17.6 Å². The monoisotopic (exact) mass is 397 g/mol. The molecule has 2 aromatic rings. The Hall–Kier alpha value is -1.71. The lowest BCUT2D eigenvalue weighted by atomic mass is 10.2. The Morgan fingerprint density at radius 3 is 2.20 bits per heavy atom. The van der Waals surface area contributed by atoms with Gasteiger partial charge in [-0.1, -0.05) is 0 Å². The molecule has 0 bridgehead atoms. The molecule has 1 aromatic carbocycles. The van der Waals surface area contributed by atoms with Gasteiger partial charge < -0.3 is 4.74 Å². The molecular formula is C12H4F4INO2. The summed E-state index contributed by atoms with van der Waals surface area (Å²) < 4.78 is 57.4. The molecule has 0 amide bonds. The van der Waals surface area contributed by atoms with E-state index in [0.717, 1.165) is 6.20 Å². The van der Waals surface area contributed by atoms with Gasteiger partial charge in [-0.15, -0.1) is 0 Å². The Bertz CT molecular complexity index is 650. The van der Waals surface area contributed by atoms with Crippen LogP contribution >= 0.6 is 22.6 Å². The van der Waals surface area contributed by atoms with Gasteiger partial charge in [-0.3, -0.25) is 0 Å². The summed E-state index contributed by atoms with van der Waals surface area (Å²) in [5.74, 6) is -9.49. The summed E-state index contributed by atoms with van der Waals surface area (Å²) in [6, 6.07) is 2.77. The van der Waals surface area contributed by atoms with Crippen LogP contribution in [0.15, 0.2) is 24.4 Å². The molecule has 104 valence electrons. The lowest BCUT2D eigenvalue weighted by Gasteiger charge is -2.07. The Kier molecular flexibility index (Phi) is 4.21. The number of nitrogens with zero attached hydrogens (tertiary/aromatic N) is 1. The Morgan fingerprint density at radius 2 is 1.70 bits per heavy atom. The van der Waals surface area contributed by atoms with Crippen molar-refractivity contribution in [3.63, 3.8) is 0 Å². The summed E-state index contributed by atoms with van der Waals surface area (Å²) in [6.45, 7) is 0. The fourth-order valence-electron chi connectivity index (χ4n) is 1.29. The van der Waals surface area contributed by atoms with Crippen LogP contribution in [-0.4, -0.2) is 11.0 Å². The highest BCUT2D eigenvalue weighted by molar-refractivity contribution is 14.1. The lowest BCUT2D eigenvalue weighted by molar-refractivity contribution is 0.0717. The Morgan fingerprint density at radius 1 is 1.10 bits per heavy atom. The van der Waals surface area contributed by atoms with Gasteiger partial charge >= 0.3 is 5.97 Å². The first-order chi connectivity index (χ1) is 9.40. The highest BCUT2D eigenvalue weighted by Gasteiger charge is 2.23. The van der Waals surface area contributed by atoms with Crippen molar-refractivity contribution in [3.05, 3.63) is 56.9 Å². The number of carbonyl (C=O) groups is 1. The third kappa shape index (κ3) is 2.89. The van der Waals surface area contributed by atoms with E-state index in [4.69, 9.17) is 0 Å². The molecule has 1 heterocycles. The molecule has 0 aliphatic carbocycles. The van der Waals surface area contributed by atoms with Gasteiger partial charge in [0.25, 0.3) is 0 Å². The second kappa shape index (κ2) is 5.73. The summed E-state index contributed by atoms with van der Waals surface area (Å²) in [6.07, 6.45) is 1.11. The van der Waals surface area contributed by atoms with Crippen molar-refractivity contribution in [2.24, 2.45) is 0 Å². The number of hydrogen-bond acceptors (Lipinski definition) is 3. The van der Waals surface area contributed by atoms with E-state index in [1.165, 1.54) is 12.1 Å². The molecule has 8 heteroatoms. The molecule has 0 unspecified atom stereocenters. The van der Waals surface area contributed by atoms with Gasteiger partial charge in [0.15, 0.2) is 11.6 Å². The summed E-state index contributed by atoms with van der Waals surface area (Å²) in [5, 5.41) is 0. The minimum absolute atomic E-state index is 0.0223. The number of hydrogen-bond donors (Lipinski definition) is 0. The van der Waals surface area contributed by atoms with Crippen molar-refractivity contribution in [3.8, 4) is 5.75 Å². The maximum absolute atomic E-state index is 13.3. The third-order valence-electron chi connectivity index (χ3n) is 2.23. The van der Waals surface area contributed by atoms with Gasteiger partial charge in [-0.05, 0) is 34.7 Å². The molecule has 0 saturated heterocycles. The zero-order chi connectivity index (χ0) is 14.9. The Labute approximate surface area is 123 Å². The van der Waals surface area contributed by atoms with Crippen molar-refractivity contribution in [1.82, 2.24) is 4.98 Å². The normalized spacial score (nSPS) is 10.4. The number of esters is 1. The van der Waals surface area contributed by atoms with Crippen LogP contribution in [0.1, 0.15) is 10.4 Å². The maximum Gasteiger partial charge on any atom is 0.345 e. The van der Waals surface area contributed by atoms with E-state index in [1.54, 1.807) is 0 Å². The first-order valence-electron chi connectivity index (χ1n) is 5.07. The topological polar surface area (TPSA) is 39.2 Å². The van der Waals surface area contributed by atoms with Crippen LogP contribution in [0.2, 0.25) is 0 Å². The quantitative estimate of drug-likeness (QED) is 0.195. The predicted molar refractivity (Wildman–Crippen MR) is 68.2 cm³/mol. The molecule has 20 heavy (non-hydrogen) atoms. The van der Waals surface area contributed by atoms with Crippen molar-refractivity contribution in [1.29, 1.82) is 0 Å². The summed E-state index contributed by atoms with van der Waals surface area (Å²) in [7, 11) is 0. The molecule has 2 rings (SSSR count). The molecule has 3 nitrogen and oxygen atoms in total. The van der Waals surface area contributed by atoms with Crippen LogP contribution < -0.4 is 4.74 Å². The summed E-state index contributed by atoms with van der Waals surface area (Å²) in [5.41, 5.74) is -0.117. The number of aromatic nitrogens is 1. The second-order valence-electron chi connectivity index (χ2n) is 3.56. The number of ether oxygens (including phenoxy) is 1. The highest BCUT2D eigenvalue weighted by atomic mass is 127. The SMILES string of the molecule is O=C(Oc1c(F)c(F)cc(F)c1F)c1ccc(I)nc1. The lowest BCUT2D eigenvalue weighted by Crippen LogP contribution is -2.12. The molecule has 0 aliphatic heterocycles. The second-order valence-corrected chi connectivity index (χ2v) is 4.66. The summed E-state index contributed by atoms with van der Waals surface area (Å²) in [4.78, 5) is 15.4. The first kappa shape index (κ1) is 14.7. The smallest absolute Gasteiger partial charge is 0.345 e. The van der Waals surface area contributed by atoms with E-state index >= 15 is 0 Å². The fraction of sp³-hybridized carbons (Fsp3) is 0. The van der Waals surface area contributed by atoms with Crippen molar-refractivity contribution >= 4 is 28.6 Å².